The molecule has 1 aromatic carbocycles. The molecule has 1 atom stereocenters. The lowest BCUT2D eigenvalue weighted by Gasteiger charge is -2.37. The molecule has 1 unspecified atom stereocenters. The number of amides is 1. The van der Waals surface area contributed by atoms with Crippen molar-refractivity contribution in [3.05, 3.63) is 53.9 Å². The molecule has 7 nitrogen and oxygen atoms in total. The summed E-state index contributed by atoms with van der Waals surface area (Å²) in [5, 5.41) is 3.26. The Bertz CT molecular complexity index is 766. The van der Waals surface area contributed by atoms with Crippen molar-refractivity contribution in [3.8, 4) is 0 Å². The molecule has 0 aliphatic carbocycles. The van der Waals surface area contributed by atoms with Crippen LogP contribution in [0.2, 0.25) is 0 Å². The van der Waals surface area contributed by atoms with Crippen LogP contribution in [0.1, 0.15) is 41.7 Å². The van der Waals surface area contributed by atoms with Crippen LogP contribution in [-0.2, 0) is 9.47 Å². The van der Waals surface area contributed by atoms with Crippen LogP contribution >= 0.6 is 0 Å². The molecular formula is C20H24N4O3. The van der Waals surface area contributed by atoms with Crippen LogP contribution in [0.4, 0.5) is 5.95 Å². The Kier molecular flexibility index (Phi) is 5.05. The molecule has 1 spiro atoms. The second-order valence-corrected chi connectivity index (χ2v) is 6.97. The average molecular weight is 368 g/mol. The first kappa shape index (κ1) is 17.9. The summed E-state index contributed by atoms with van der Waals surface area (Å²) in [7, 11) is 0. The van der Waals surface area contributed by atoms with Gasteiger partial charge in [0.25, 0.3) is 5.91 Å². The van der Waals surface area contributed by atoms with Crippen LogP contribution in [-0.4, -0.2) is 52.9 Å². The summed E-state index contributed by atoms with van der Waals surface area (Å²) in [4.78, 5) is 23.1. The molecular weight excluding hydrogens is 344 g/mol. The maximum absolute atomic E-state index is 12.7. The molecule has 1 amide bonds. The standard InChI is InChI=1S/C20H24N4O3/c1-15(16-5-3-2-4-6-16)23-19-21-13-17(14-22-19)18(25)24-9-7-20(8-10-24)26-11-12-27-20/h2-6,13-15H,7-12H2,1H3,(H,21,22,23). The first-order valence-corrected chi connectivity index (χ1v) is 9.36. The van der Waals surface area contributed by atoms with Crippen molar-refractivity contribution in [1.82, 2.24) is 14.9 Å². The number of likely N-dealkylation sites (tertiary alicyclic amines) is 1. The van der Waals surface area contributed by atoms with Gasteiger partial charge in [-0.05, 0) is 12.5 Å². The molecule has 2 aromatic rings. The van der Waals surface area contributed by atoms with Crippen LogP contribution in [0.15, 0.2) is 42.7 Å². The molecule has 142 valence electrons. The van der Waals surface area contributed by atoms with Gasteiger partial charge in [0, 0.05) is 38.3 Å². The van der Waals surface area contributed by atoms with Gasteiger partial charge in [-0.2, -0.15) is 0 Å². The summed E-state index contributed by atoms with van der Waals surface area (Å²) in [6, 6.07) is 10.2. The summed E-state index contributed by atoms with van der Waals surface area (Å²) in [6.45, 7) is 4.55. The van der Waals surface area contributed by atoms with Gasteiger partial charge in [-0.3, -0.25) is 4.79 Å². The fraction of sp³-hybridized carbons (Fsp3) is 0.450. The molecule has 27 heavy (non-hydrogen) atoms. The molecule has 0 saturated carbocycles. The maximum atomic E-state index is 12.7. The largest absolute Gasteiger partial charge is 0.348 e. The number of rotatable bonds is 4. The topological polar surface area (TPSA) is 76.6 Å². The van der Waals surface area contributed by atoms with E-state index in [-0.39, 0.29) is 11.9 Å². The third-order valence-corrected chi connectivity index (χ3v) is 5.17. The van der Waals surface area contributed by atoms with E-state index in [9.17, 15) is 4.79 Å². The third kappa shape index (κ3) is 3.94. The Hall–Kier alpha value is -2.51. The van der Waals surface area contributed by atoms with Crippen molar-refractivity contribution < 1.29 is 14.3 Å². The number of piperidine rings is 1. The first-order valence-electron chi connectivity index (χ1n) is 9.36. The third-order valence-electron chi connectivity index (χ3n) is 5.17. The monoisotopic (exact) mass is 368 g/mol. The fourth-order valence-electron chi connectivity index (χ4n) is 3.55. The van der Waals surface area contributed by atoms with E-state index in [1.165, 1.54) is 0 Å². The van der Waals surface area contributed by atoms with E-state index in [2.05, 4.69) is 34.3 Å². The van der Waals surface area contributed by atoms with Crippen molar-refractivity contribution >= 4 is 11.9 Å². The van der Waals surface area contributed by atoms with Gasteiger partial charge in [-0.15, -0.1) is 0 Å². The lowest BCUT2D eigenvalue weighted by molar-refractivity contribution is -0.181. The van der Waals surface area contributed by atoms with Crippen LogP contribution < -0.4 is 5.32 Å². The summed E-state index contributed by atoms with van der Waals surface area (Å²) >= 11 is 0. The number of nitrogens with one attached hydrogen (secondary N) is 1. The highest BCUT2D eigenvalue weighted by Gasteiger charge is 2.40. The number of ether oxygens (including phenoxy) is 2. The van der Waals surface area contributed by atoms with Gasteiger partial charge in [0.15, 0.2) is 5.79 Å². The molecule has 1 aromatic heterocycles. The Balaban J connectivity index is 1.35. The summed E-state index contributed by atoms with van der Waals surface area (Å²) in [5.74, 6) is -0.0204. The fourth-order valence-corrected chi connectivity index (χ4v) is 3.55. The molecule has 0 radical (unpaired) electrons. The Morgan fingerprint density at radius 3 is 2.37 bits per heavy atom. The molecule has 4 rings (SSSR count). The molecule has 7 heteroatoms. The summed E-state index contributed by atoms with van der Waals surface area (Å²) in [6.07, 6.45) is 4.58. The second-order valence-electron chi connectivity index (χ2n) is 6.97. The Morgan fingerprint density at radius 2 is 1.74 bits per heavy atom. The van der Waals surface area contributed by atoms with Crippen LogP contribution in [0.3, 0.4) is 0 Å². The minimum Gasteiger partial charge on any atom is -0.348 e. The van der Waals surface area contributed by atoms with E-state index in [0.717, 1.165) is 5.56 Å². The molecule has 2 saturated heterocycles. The lowest BCUT2D eigenvalue weighted by atomic mass is 10.0. The van der Waals surface area contributed by atoms with Gasteiger partial charge in [0.1, 0.15) is 0 Å². The number of carbonyl (C=O) groups excluding carboxylic acids is 1. The molecule has 0 bridgehead atoms. The average Bonchev–Trinajstić information content (AvgIpc) is 3.17. The Labute approximate surface area is 158 Å². The van der Waals surface area contributed by atoms with E-state index >= 15 is 0 Å². The molecule has 2 aliphatic heterocycles. The predicted molar refractivity (Wildman–Crippen MR) is 100 cm³/mol. The number of hydrogen-bond acceptors (Lipinski definition) is 6. The van der Waals surface area contributed by atoms with Crippen LogP contribution in [0, 0.1) is 0 Å². The summed E-state index contributed by atoms with van der Waals surface area (Å²) < 4.78 is 11.4. The lowest BCUT2D eigenvalue weighted by Crippen LogP contribution is -2.47. The van der Waals surface area contributed by atoms with Gasteiger partial charge in [-0.25, -0.2) is 9.97 Å². The molecule has 3 heterocycles. The van der Waals surface area contributed by atoms with Crippen molar-refractivity contribution in [2.45, 2.75) is 31.6 Å². The van der Waals surface area contributed by atoms with E-state index in [0.29, 0.717) is 50.7 Å². The van der Waals surface area contributed by atoms with E-state index < -0.39 is 5.79 Å². The zero-order valence-electron chi connectivity index (χ0n) is 15.4. The van der Waals surface area contributed by atoms with Crippen molar-refractivity contribution in [3.63, 3.8) is 0 Å². The molecule has 2 aliphatic rings. The van der Waals surface area contributed by atoms with Crippen LogP contribution in [0.25, 0.3) is 0 Å². The van der Waals surface area contributed by atoms with E-state index in [1.807, 2.05) is 23.1 Å². The predicted octanol–water partition coefficient (Wildman–Crippen LogP) is 2.63. The normalized spacial score (nSPS) is 19.8. The minimum absolute atomic E-state index is 0.0505. The van der Waals surface area contributed by atoms with Gasteiger partial charge in [-0.1, -0.05) is 30.3 Å². The van der Waals surface area contributed by atoms with E-state index in [1.54, 1.807) is 12.4 Å². The highest BCUT2D eigenvalue weighted by molar-refractivity contribution is 5.93. The van der Waals surface area contributed by atoms with Gasteiger partial charge in [0.2, 0.25) is 5.95 Å². The van der Waals surface area contributed by atoms with Crippen LogP contribution in [0.5, 0.6) is 0 Å². The SMILES string of the molecule is CC(Nc1ncc(C(=O)N2CCC3(CC2)OCCO3)cn1)c1ccccc1. The Morgan fingerprint density at radius 1 is 1.11 bits per heavy atom. The smallest absolute Gasteiger partial charge is 0.256 e. The van der Waals surface area contributed by atoms with Crippen molar-refractivity contribution in [2.75, 3.05) is 31.6 Å². The number of benzene rings is 1. The summed E-state index contributed by atoms with van der Waals surface area (Å²) in [5.41, 5.74) is 1.65. The first-order chi connectivity index (χ1) is 13.2. The van der Waals surface area contributed by atoms with Gasteiger partial charge in [0.05, 0.1) is 24.8 Å². The number of anilines is 1. The maximum Gasteiger partial charge on any atom is 0.256 e. The number of hydrogen-bond donors (Lipinski definition) is 1. The zero-order chi connectivity index (χ0) is 18.7. The number of nitrogens with zero attached hydrogens (tertiary/aromatic N) is 3. The quantitative estimate of drug-likeness (QED) is 0.894. The number of carbonyl (C=O) groups is 1. The highest BCUT2D eigenvalue weighted by atomic mass is 16.7. The highest BCUT2D eigenvalue weighted by Crippen LogP contribution is 2.31. The second kappa shape index (κ2) is 7.62. The van der Waals surface area contributed by atoms with Crippen molar-refractivity contribution in [1.29, 1.82) is 0 Å². The minimum atomic E-state index is -0.478. The zero-order valence-corrected chi connectivity index (χ0v) is 15.4. The molecule has 1 N–H and O–H groups in total. The van der Waals surface area contributed by atoms with Gasteiger partial charge < -0.3 is 19.7 Å². The number of aromatic nitrogens is 2. The molecule has 2 fully saturated rings. The van der Waals surface area contributed by atoms with E-state index in [4.69, 9.17) is 9.47 Å². The van der Waals surface area contributed by atoms with Crippen molar-refractivity contribution in [2.24, 2.45) is 0 Å². The van der Waals surface area contributed by atoms with Gasteiger partial charge >= 0.3 is 0 Å².